The Hall–Kier alpha value is -1.35. The van der Waals surface area contributed by atoms with Crippen LogP contribution in [-0.4, -0.2) is 35.6 Å². The molecule has 0 spiro atoms. The van der Waals surface area contributed by atoms with Gasteiger partial charge in [-0.2, -0.15) is 0 Å². The van der Waals surface area contributed by atoms with Crippen LogP contribution in [0.15, 0.2) is 24.3 Å². The summed E-state index contributed by atoms with van der Waals surface area (Å²) >= 11 is 0. The molecule has 0 radical (unpaired) electrons. The molecule has 1 aromatic rings. The molecule has 0 amide bonds. The van der Waals surface area contributed by atoms with Crippen molar-refractivity contribution in [2.24, 2.45) is 0 Å². The van der Waals surface area contributed by atoms with Crippen molar-refractivity contribution in [3.63, 3.8) is 0 Å². The zero-order valence-corrected chi connectivity index (χ0v) is 10.1. The summed E-state index contributed by atoms with van der Waals surface area (Å²) < 4.78 is 0. The average molecular weight is 221 g/mol. The van der Waals surface area contributed by atoms with Gasteiger partial charge in [0, 0.05) is 6.54 Å². The summed E-state index contributed by atoms with van der Waals surface area (Å²) in [4.78, 5) is 12.6. The Morgan fingerprint density at radius 3 is 2.44 bits per heavy atom. The topological polar surface area (TPSA) is 40.5 Å². The van der Waals surface area contributed by atoms with Crippen LogP contribution in [0.2, 0.25) is 0 Å². The van der Waals surface area contributed by atoms with Crippen LogP contribution in [0.5, 0.6) is 0 Å². The van der Waals surface area contributed by atoms with Crippen molar-refractivity contribution in [2.75, 3.05) is 13.6 Å². The number of aliphatic carboxylic acids is 1. The van der Waals surface area contributed by atoms with E-state index in [0.29, 0.717) is 0 Å². The molecule has 3 heteroatoms. The lowest BCUT2D eigenvalue weighted by molar-refractivity contribution is -0.142. The Morgan fingerprint density at radius 1 is 1.38 bits per heavy atom. The van der Waals surface area contributed by atoms with Crippen molar-refractivity contribution in [3.05, 3.63) is 35.4 Å². The molecule has 0 aliphatic carbocycles. The van der Waals surface area contributed by atoms with E-state index >= 15 is 0 Å². The standard InChI is InChI=1S/C13H19NO2/c1-10-4-6-12(7-5-10)8-9-14(3)11(2)13(15)16/h4-7,11H,8-9H2,1-3H3,(H,15,16). The Labute approximate surface area is 96.7 Å². The predicted octanol–water partition coefficient (Wildman–Crippen LogP) is 1.94. The molecule has 1 atom stereocenters. The first kappa shape index (κ1) is 12.7. The van der Waals surface area contributed by atoms with Gasteiger partial charge in [0.05, 0.1) is 0 Å². The lowest BCUT2D eigenvalue weighted by atomic mass is 10.1. The van der Waals surface area contributed by atoms with Crippen LogP contribution in [0, 0.1) is 6.92 Å². The van der Waals surface area contributed by atoms with Gasteiger partial charge >= 0.3 is 5.97 Å². The molecule has 1 rings (SSSR count). The van der Waals surface area contributed by atoms with Gasteiger partial charge in [0.2, 0.25) is 0 Å². The molecule has 0 aliphatic heterocycles. The van der Waals surface area contributed by atoms with Crippen molar-refractivity contribution in [2.45, 2.75) is 26.3 Å². The molecule has 16 heavy (non-hydrogen) atoms. The molecular weight excluding hydrogens is 202 g/mol. The fourth-order valence-electron chi connectivity index (χ4n) is 1.44. The van der Waals surface area contributed by atoms with E-state index in [4.69, 9.17) is 5.11 Å². The molecule has 0 bridgehead atoms. The van der Waals surface area contributed by atoms with Crippen LogP contribution in [0.3, 0.4) is 0 Å². The first-order chi connectivity index (χ1) is 7.50. The maximum atomic E-state index is 10.8. The maximum Gasteiger partial charge on any atom is 0.320 e. The highest BCUT2D eigenvalue weighted by atomic mass is 16.4. The van der Waals surface area contributed by atoms with E-state index in [9.17, 15) is 4.79 Å². The zero-order chi connectivity index (χ0) is 12.1. The number of carboxylic acids is 1. The molecule has 88 valence electrons. The summed E-state index contributed by atoms with van der Waals surface area (Å²) in [5, 5.41) is 8.84. The third-order valence-electron chi connectivity index (χ3n) is 2.89. The van der Waals surface area contributed by atoms with Gasteiger partial charge in [-0.15, -0.1) is 0 Å². The summed E-state index contributed by atoms with van der Waals surface area (Å²) in [5.41, 5.74) is 2.49. The summed E-state index contributed by atoms with van der Waals surface area (Å²) in [7, 11) is 1.84. The van der Waals surface area contributed by atoms with Crippen molar-refractivity contribution < 1.29 is 9.90 Å². The minimum absolute atomic E-state index is 0.426. The van der Waals surface area contributed by atoms with E-state index in [0.717, 1.165) is 13.0 Å². The van der Waals surface area contributed by atoms with E-state index in [1.54, 1.807) is 6.92 Å². The van der Waals surface area contributed by atoms with Crippen LogP contribution in [-0.2, 0) is 11.2 Å². The lowest BCUT2D eigenvalue weighted by Crippen LogP contribution is -2.37. The number of rotatable bonds is 5. The highest BCUT2D eigenvalue weighted by Crippen LogP contribution is 2.05. The molecule has 3 nitrogen and oxygen atoms in total. The molecular formula is C13H19NO2. The molecule has 0 aromatic heterocycles. The first-order valence-corrected chi connectivity index (χ1v) is 5.49. The Balaban J connectivity index is 2.45. The quantitative estimate of drug-likeness (QED) is 0.826. The summed E-state index contributed by atoms with van der Waals surface area (Å²) in [6, 6.07) is 7.92. The second-order valence-corrected chi connectivity index (χ2v) is 4.23. The van der Waals surface area contributed by atoms with Crippen molar-refractivity contribution in [3.8, 4) is 0 Å². The van der Waals surface area contributed by atoms with E-state index in [-0.39, 0.29) is 0 Å². The fraction of sp³-hybridized carbons (Fsp3) is 0.462. The third-order valence-corrected chi connectivity index (χ3v) is 2.89. The summed E-state index contributed by atoms with van der Waals surface area (Å²) in [6.07, 6.45) is 0.883. The molecule has 0 saturated heterocycles. The largest absolute Gasteiger partial charge is 0.480 e. The Kier molecular flexibility index (Phi) is 4.50. The number of hydrogen-bond acceptors (Lipinski definition) is 2. The number of carboxylic acid groups (broad SMARTS) is 1. The second-order valence-electron chi connectivity index (χ2n) is 4.23. The SMILES string of the molecule is Cc1ccc(CCN(C)C(C)C(=O)O)cc1. The number of aryl methyl sites for hydroxylation is 1. The Bertz CT molecular complexity index is 345. The smallest absolute Gasteiger partial charge is 0.320 e. The van der Waals surface area contributed by atoms with Gasteiger partial charge in [0.15, 0.2) is 0 Å². The van der Waals surface area contributed by atoms with Gasteiger partial charge in [-0.1, -0.05) is 29.8 Å². The number of nitrogens with zero attached hydrogens (tertiary/aromatic N) is 1. The third kappa shape index (κ3) is 3.66. The first-order valence-electron chi connectivity index (χ1n) is 5.49. The zero-order valence-electron chi connectivity index (χ0n) is 10.1. The van der Waals surface area contributed by atoms with E-state index in [2.05, 4.69) is 31.2 Å². The van der Waals surface area contributed by atoms with Crippen LogP contribution < -0.4 is 0 Å². The summed E-state index contributed by atoms with van der Waals surface area (Å²) in [6.45, 7) is 4.52. The molecule has 0 fully saturated rings. The van der Waals surface area contributed by atoms with Gasteiger partial charge < -0.3 is 5.11 Å². The monoisotopic (exact) mass is 221 g/mol. The van der Waals surface area contributed by atoms with Gasteiger partial charge in [0.25, 0.3) is 0 Å². The highest BCUT2D eigenvalue weighted by molar-refractivity contribution is 5.72. The predicted molar refractivity (Wildman–Crippen MR) is 64.6 cm³/mol. The Morgan fingerprint density at radius 2 is 1.94 bits per heavy atom. The van der Waals surface area contributed by atoms with Gasteiger partial charge in [0.1, 0.15) is 6.04 Å². The van der Waals surface area contributed by atoms with Crippen molar-refractivity contribution in [1.29, 1.82) is 0 Å². The van der Waals surface area contributed by atoms with Gasteiger partial charge in [-0.05, 0) is 32.9 Å². The van der Waals surface area contributed by atoms with Gasteiger partial charge in [-0.25, -0.2) is 0 Å². The number of likely N-dealkylation sites (N-methyl/N-ethyl adjacent to an activating group) is 1. The molecule has 1 N–H and O–H groups in total. The number of hydrogen-bond donors (Lipinski definition) is 1. The average Bonchev–Trinajstić information content (AvgIpc) is 2.26. The van der Waals surface area contributed by atoms with Crippen LogP contribution in [0.25, 0.3) is 0 Å². The number of benzene rings is 1. The minimum atomic E-state index is -0.772. The van der Waals surface area contributed by atoms with Crippen molar-refractivity contribution in [1.82, 2.24) is 4.90 Å². The number of carbonyl (C=O) groups is 1. The maximum absolute atomic E-state index is 10.8. The molecule has 0 saturated carbocycles. The van der Waals surface area contributed by atoms with E-state index < -0.39 is 12.0 Å². The molecule has 1 aromatic carbocycles. The second kappa shape index (κ2) is 5.66. The molecule has 0 heterocycles. The molecule has 1 unspecified atom stereocenters. The van der Waals surface area contributed by atoms with Crippen LogP contribution in [0.4, 0.5) is 0 Å². The normalized spacial score (nSPS) is 12.8. The van der Waals surface area contributed by atoms with Crippen LogP contribution >= 0.6 is 0 Å². The minimum Gasteiger partial charge on any atom is -0.480 e. The fourth-order valence-corrected chi connectivity index (χ4v) is 1.44. The van der Waals surface area contributed by atoms with E-state index in [1.807, 2.05) is 11.9 Å². The highest BCUT2D eigenvalue weighted by Gasteiger charge is 2.15. The van der Waals surface area contributed by atoms with E-state index in [1.165, 1.54) is 11.1 Å². The molecule has 0 aliphatic rings. The lowest BCUT2D eigenvalue weighted by Gasteiger charge is -2.20. The van der Waals surface area contributed by atoms with Gasteiger partial charge in [-0.3, -0.25) is 9.69 Å². The summed E-state index contributed by atoms with van der Waals surface area (Å²) in [5.74, 6) is -0.772. The van der Waals surface area contributed by atoms with Crippen molar-refractivity contribution >= 4 is 5.97 Å². The van der Waals surface area contributed by atoms with Crippen LogP contribution in [0.1, 0.15) is 18.1 Å².